The van der Waals surface area contributed by atoms with Crippen LogP contribution >= 0.6 is 0 Å². The zero-order valence-electron chi connectivity index (χ0n) is 15.4. The van der Waals surface area contributed by atoms with E-state index in [1.54, 1.807) is 18.6 Å². The highest BCUT2D eigenvalue weighted by Crippen LogP contribution is 2.36. The molecule has 2 aliphatic heterocycles. The highest BCUT2D eigenvalue weighted by Gasteiger charge is 2.44. The van der Waals surface area contributed by atoms with Gasteiger partial charge in [0, 0.05) is 44.3 Å². The Morgan fingerprint density at radius 1 is 1.22 bits per heavy atom. The first kappa shape index (κ1) is 18.1. The van der Waals surface area contributed by atoms with Crippen molar-refractivity contribution in [3.63, 3.8) is 0 Å². The molecular weight excluding hydrogens is 342 g/mol. The molecule has 6 heteroatoms. The third-order valence-corrected chi connectivity index (χ3v) is 5.38. The van der Waals surface area contributed by atoms with Crippen molar-refractivity contribution in [3.8, 4) is 0 Å². The van der Waals surface area contributed by atoms with E-state index in [0.717, 1.165) is 36.9 Å². The highest BCUT2D eigenvalue weighted by atomic mass is 16.6. The van der Waals surface area contributed by atoms with Crippen molar-refractivity contribution in [3.05, 3.63) is 60.2 Å². The van der Waals surface area contributed by atoms with E-state index in [-0.39, 0.29) is 17.6 Å². The van der Waals surface area contributed by atoms with Gasteiger partial charge in [-0.2, -0.15) is 0 Å². The third-order valence-electron chi connectivity index (χ3n) is 5.38. The van der Waals surface area contributed by atoms with Crippen molar-refractivity contribution in [2.24, 2.45) is 0 Å². The van der Waals surface area contributed by atoms with Crippen LogP contribution in [0.4, 0.5) is 0 Å². The number of piperidine rings is 1. The molecule has 2 aromatic rings. The number of amides is 1. The van der Waals surface area contributed by atoms with Gasteiger partial charge in [-0.3, -0.25) is 14.8 Å². The van der Waals surface area contributed by atoms with Crippen molar-refractivity contribution in [1.82, 2.24) is 14.9 Å². The minimum atomic E-state index is -0.258. The number of ether oxygens (including phenoxy) is 2. The maximum Gasteiger partial charge on any atom is 0.227 e. The first-order valence-electron chi connectivity index (χ1n) is 9.54. The molecule has 1 spiro atoms. The molecule has 2 aromatic heterocycles. The van der Waals surface area contributed by atoms with Gasteiger partial charge < -0.3 is 14.4 Å². The Labute approximate surface area is 159 Å². The lowest BCUT2D eigenvalue weighted by molar-refractivity contribution is -0.138. The molecule has 0 bridgehead atoms. The second-order valence-corrected chi connectivity index (χ2v) is 7.44. The molecule has 6 nitrogen and oxygen atoms in total. The molecule has 2 atom stereocenters. The summed E-state index contributed by atoms with van der Waals surface area (Å²) in [6.45, 7) is 2.59. The first-order valence-corrected chi connectivity index (χ1v) is 9.54. The SMILES string of the molecule is O=C(Cc1ccncc1)N1CCC[C@@]2(C[C@@H](OCc3cccnc3)CO2)C1. The zero-order chi connectivity index (χ0) is 18.5. The number of aromatic nitrogens is 2. The lowest BCUT2D eigenvalue weighted by Gasteiger charge is -2.39. The van der Waals surface area contributed by atoms with Crippen LogP contribution in [0.15, 0.2) is 49.1 Å². The summed E-state index contributed by atoms with van der Waals surface area (Å²) in [4.78, 5) is 22.8. The second-order valence-electron chi connectivity index (χ2n) is 7.44. The van der Waals surface area contributed by atoms with Gasteiger partial charge in [-0.05, 0) is 42.2 Å². The molecule has 0 aromatic carbocycles. The summed E-state index contributed by atoms with van der Waals surface area (Å²) >= 11 is 0. The summed E-state index contributed by atoms with van der Waals surface area (Å²) in [5.74, 6) is 0.156. The first-order chi connectivity index (χ1) is 13.2. The number of hydrogen-bond acceptors (Lipinski definition) is 5. The van der Waals surface area contributed by atoms with Crippen LogP contribution in [-0.4, -0.2) is 52.2 Å². The topological polar surface area (TPSA) is 64.6 Å². The van der Waals surface area contributed by atoms with Gasteiger partial charge in [0.05, 0.1) is 31.3 Å². The van der Waals surface area contributed by atoms with Crippen LogP contribution < -0.4 is 0 Å². The fourth-order valence-electron chi connectivity index (χ4n) is 3.99. The van der Waals surface area contributed by atoms with E-state index in [1.807, 2.05) is 35.4 Å². The molecular formula is C21H25N3O3. The Morgan fingerprint density at radius 2 is 2.11 bits per heavy atom. The maximum absolute atomic E-state index is 12.7. The van der Waals surface area contributed by atoms with E-state index in [1.165, 1.54) is 0 Å². The predicted octanol–water partition coefficient (Wildman–Crippen LogP) is 2.39. The van der Waals surface area contributed by atoms with E-state index in [0.29, 0.717) is 26.2 Å². The zero-order valence-corrected chi connectivity index (χ0v) is 15.4. The second kappa shape index (κ2) is 8.15. The molecule has 4 heterocycles. The Morgan fingerprint density at radius 3 is 2.93 bits per heavy atom. The third kappa shape index (κ3) is 4.51. The standard InChI is InChI=1S/C21H25N3O3/c25-20(11-17-4-8-22-9-5-17)24-10-2-6-21(16-24)12-19(15-27-21)26-14-18-3-1-7-23-13-18/h1,3-5,7-9,13,19H,2,6,10-12,14-16H2/t19-,21-/m1/s1. The summed E-state index contributed by atoms with van der Waals surface area (Å²) in [7, 11) is 0. The molecule has 0 saturated carbocycles. The molecule has 0 radical (unpaired) electrons. The van der Waals surface area contributed by atoms with Crippen LogP contribution in [0, 0.1) is 0 Å². The van der Waals surface area contributed by atoms with Gasteiger partial charge in [-0.15, -0.1) is 0 Å². The number of carbonyl (C=O) groups is 1. The minimum Gasteiger partial charge on any atom is -0.371 e. The van der Waals surface area contributed by atoms with E-state index >= 15 is 0 Å². The number of nitrogens with zero attached hydrogens (tertiary/aromatic N) is 3. The Bertz CT molecular complexity index is 756. The minimum absolute atomic E-state index is 0.0699. The normalized spacial score (nSPS) is 25.0. The lowest BCUT2D eigenvalue weighted by atomic mass is 9.89. The van der Waals surface area contributed by atoms with Gasteiger partial charge in [0.2, 0.25) is 5.91 Å². The molecule has 142 valence electrons. The van der Waals surface area contributed by atoms with Gasteiger partial charge >= 0.3 is 0 Å². The molecule has 0 unspecified atom stereocenters. The smallest absolute Gasteiger partial charge is 0.227 e. The van der Waals surface area contributed by atoms with Gasteiger partial charge in [0.25, 0.3) is 0 Å². The quantitative estimate of drug-likeness (QED) is 0.812. The van der Waals surface area contributed by atoms with Gasteiger partial charge in [-0.1, -0.05) is 6.07 Å². The number of pyridine rings is 2. The highest BCUT2D eigenvalue weighted by molar-refractivity contribution is 5.79. The van der Waals surface area contributed by atoms with Crippen molar-refractivity contribution in [2.45, 2.75) is 44.0 Å². The van der Waals surface area contributed by atoms with Crippen LogP contribution in [0.5, 0.6) is 0 Å². The molecule has 0 N–H and O–H groups in total. The van der Waals surface area contributed by atoms with Crippen molar-refractivity contribution in [1.29, 1.82) is 0 Å². The summed E-state index contributed by atoms with van der Waals surface area (Å²) in [6.07, 6.45) is 10.3. The molecule has 0 aliphatic carbocycles. The molecule has 27 heavy (non-hydrogen) atoms. The molecule has 4 rings (SSSR count). The summed E-state index contributed by atoms with van der Waals surface area (Å²) in [5, 5.41) is 0. The Hall–Kier alpha value is -2.31. The van der Waals surface area contributed by atoms with Crippen molar-refractivity contribution in [2.75, 3.05) is 19.7 Å². The Balaban J connectivity index is 1.31. The van der Waals surface area contributed by atoms with Crippen LogP contribution in [0.1, 0.15) is 30.4 Å². The molecule has 1 amide bonds. The summed E-state index contributed by atoms with van der Waals surface area (Å²) < 4.78 is 12.2. The number of rotatable bonds is 5. The summed E-state index contributed by atoms with van der Waals surface area (Å²) in [6, 6.07) is 7.72. The van der Waals surface area contributed by atoms with Crippen molar-refractivity contribution < 1.29 is 14.3 Å². The van der Waals surface area contributed by atoms with Gasteiger partial charge in [-0.25, -0.2) is 0 Å². The average molecular weight is 367 g/mol. The maximum atomic E-state index is 12.7. The van der Waals surface area contributed by atoms with Crippen LogP contribution in [0.25, 0.3) is 0 Å². The lowest BCUT2D eigenvalue weighted by Crippen LogP contribution is -2.50. The van der Waals surface area contributed by atoms with Gasteiger partial charge in [0.15, 0.2) is 0 Å². The monoisotopic (exact) mass is 367 g/mol. The molecule has 2 fully saturated rings. The largest absolute Gasteiger partial charge is 0.371 e. The van der Waals surface area contributed by atoms with E-state index in [4.69, 9.17) is 9.47 Å². The molecule has 2 aliphatic rings. The fraction of sp³-hybridized carbons (Fsp3) is 0.476. The fourth-order valence-corrected chi connectivity index (χ4v) is 3.99. The van der Waals surface area contributed by atoms with Crippen LogP contribution in [-0.2, 0) is 27.3 Å². The number of likely N-dealkylation sites (tertiary alicyclic amines) is 1. The number of carbonyl (C=O) groups excluding carboxylic acids is 1. The van der Waals surface area contributed by atoms with E-state index in [2.05, 4.69) is 9.97 Å². The van der Waals surface area contributed by atoms with E-state index < -0.39 is 0 Å². The number of hydrogen-bond donors (Lipinski definition) is 0. The summed E-state index contributed by atoms with van der Waals surface area (Å²) in [5.41, 5.74) is 1.81. The van der Waals surface area contributed by atoms with Gasteiger partial charge in [0.1, 0.15) is 0 Å². The average Bonchev–Trinajstić information content (AvgIpc) is 3.10. The van der Waals surface area contributed by atoms with Crippen LogP contribution in [0.3, 0.4) is 0 Å². The van der Waals surface area contributed by atoms with Crippen molar-refractivity contribution >= 4 is 5.91 Å². The predicted molar refractivity (Wildman–Crippen MR) is 99.9 cm³/mol. The Kier molecular flexibility index (Phi) is 5.45. The van der Waals surface area contributed by atoms with Crippen LogP contribution in [0.2, 0.25) is 0 Å². The van der Waals surface area contributed by atoms with E-state index in [9.17, 15) is 4.79 Å². The molecule has 2 saturated heterocycles.